The predicted molar refractivity (Wildman–Crippen MR) is 58.0 cm³/mol. The van der Waals surface area contributed by atoms with Gasteiger partial charge in [-0.1, -0.05) is 0 Å². The zero-order valence-electron chi connectivity index (χ0n) is 8.58. The summed E-state index contributed by atoms with van der Waals surface area (Å²) in [6, 6.07) is 3.80. The Balaban J connectivity index is 2.15. The minimum atomic E-state index is 0.592. The molecule has 0 spiro atoms. The Morgan fingerprint density at radius 3 is 3.06 bits per heavy atom. The van der Waals surface area contributed by atoms with Crippen LogP contribution < -0.4 is 5.32 Å². The molecule has 3 rings (SSSR count). The highest BCUT2D eigenvalue weighted by Gasteiger charge is 2.05. The van der Waals surface area contributed by atoms with E-state index in [0.29, 0.717) is 11.7 Å². The molecule has 0 fully saturated rings. The molecule has 6 nitrogen and oxygen atoms in total. The average molecular weight is 215 g/mol. The van der Waals surface area contributed by atoms with Gasteiger partial charge in [-0.05, 0) is 12.1 Å². The van der Waals surface area contributed by atoms with Crippen molar-refractivity contribution >= 4 is 11.6 Å². The predicted octanol–water partition coefficient (Wildman–Crippen LogP) is 1.43. The first-order valence-electron chi connectivity index (χ1n) is 4.80. The van der Waals surface area contributed by atoms with E-state index >= 15 is 0 Å². The van der Waals surface area contributed by atoms with Gasteiger partial charge in [0.1, 0.15) is 0 Å². The molecule has 0 bridgehead atoms. The monoisotopic (exact) mass is 215 g/mol. The molecular weight excluding hydrogens is 206 g/mol. The summed E-state index contributed by atoms with van der Waals surface area (Å²) in [6.45, 7) is 0. The molecule has 3 aromatic rings. The summed E-state index contributed by atoms with van der Waals surface area (Å²) in [7, 11) is 1.78. The highest BCUT2D eigenvalue weighted by atomic mass is 16.3. The lowest BCUT2D eigenvalue weighted by atomic mass is 10.2. The van der Waals surface area contributed by atoms with E-state index in [1.165, 1.54) is 6.39 Å². The smallest absolute Gasteiger partial charge is 0.242 e. The molecule has 3 aromatic heterocycles. The molecule has 0 unspecified atom stereocenters. The van der Waals surface area contributed by atoms with Gasteiger partial charge in [0.25, 0.3) is 0 Å². The summed E-state index contributed by atoms with van der Waals surface area (Å²) in [5.41, 5.74) is 1.70. The zero-order valence-corrected chi connectivity index (χ0v) is 8.58. The van der Waals surface area contributed by atoms with E-state index in [1.807, 2.05) is 18.3 Å². The summed E-state index contributed by atoms with van der Waals surface area (Å²) in [5.74, 6) is 1.30. The number of fused-ring (bicyclic) bond motifs is 1. The molecule has 1 N–H and O–H groups in total. The van der Waals surface area contributed by atoms with Gasteiger partial charge in [-0.15, -0.1) is 5.10 Å². The van der Waals surface area contributed by atoms with Crippen molar-refractivity contribution in [2.45, 2.75) is 0 Å². The Labute approximate surface area is 90.9 Å². The van der Waals surface area contributed by atoms with Crippen LogP contribution in [0, 0.1) is 0 Å². The fourth-order valence-electron chi connectivity index (χ4n) is 1.49. The van der Waals surface area contributed by atoms with E-state index in [1.54, 1.807) is 17.8 Å². The highest BCUT2D eigenvalue weighted by molar-refractivity contribution is 5.58. The first-order valence-corrected chi connectivity index (χ1v) is 4.80. The normalized spacial score (nSPS) is 10.8. The minimum Gasteiger partial charge on any atom is -0.443 e. The quantitative estimate of drug-likeness (QED) is 0.700. The number of anilines is 1. The molecule has 0 atom stereocenters. The number of nitrogens with one attached hydrogen (secondary N) is 1. The molecule has 0 aliphatic heterocycles. The number of nitrogens with zero attached hydrogens (tertiary/aromatic N) is 4. The maximum atomic E-state index is 5.21. The van der Waals surface area contributed by atoms with Crippen LogP contribution in [0.25, 0.3) is 17.0 Å². The van der Waals surface area contributed by atoms with Crippen LogP contribution in [0.3, 0.4) is 0 Å². The number of rotatable bonds is 2. The number of pyridine rings is 1. The first-order chi connectivity index (χ1) is 7.86. The second-order valence-electron chi connectivity index (χ2n) is 3.27. The number of hydrogen-bond acceptors (Lipinski definition) is 5. The van der Waals surface area contributed by atoms with Crippen LogP contribution in [0.5, 0.6) is 0 Å². The SMILES string of the molecule is CNc1nc2ccc(-c3cnco3)cn2n1. The van der Waals surface area contributed by atoms with Crippen LogP contribution in [0.15, 0.2) is 35.3 Å². The van der Waals surface area contributed by atoms with Crippen molar-refractivity contribution in [3.63, 3.8) is 0 Å². The van der Waals surface area contributed by atoms with Crippen molar-refractivity contribution in [3.05, 3.63) is 30.9 Å². The molecule has 16 heavy (non-hydrogen) atoms. The standard InChI is InChI=1S/C10H9N5O/c1-11-10-13-9-3-2-7(5-15(9)14-10)8-4-12-6-16-8/h2-6H,1H3,(H,11,14). The molecule has 6 heteroatoms. The fourth-order valence-corrected chi connectivity index (χ4v) is 1.49. The maximum absolute atomic E-state index is 5.21. The molecule has 80 valence electrons. The van der Waals surface area contributed by atoms with Gasteiger partial charge >= 0.3 is 0 Å². The van der Waals surface area contributed by atoms with Gasteiger partial charge < -0.3 is 9.73 Å². The van der Waals surface area contributed by atoms with Crippen molar-refractivity contribution < 1.29 is 4.42 Å². The van der Waals surface area contributed by atoms with E-state index < -0.39 is 0 Å². The van der Waals surface area contributed by atoms with E-state index in [4.69, 9.17) is 4.42 Å². The lowest BCUT2D eigenvalue weighted by Crippen LogP contribution is -1.91. The van der Waals surface area contributed by atoms with Crippen LogP contribution in [-0.2, 0) is 0 Å². The summed E-state index contributed by atoms with van der Waals surface area (Å²) in [5, 5.41) is 7.13. The van der Waals surface area contributed by atoms with Gasteiger partial charge in [-0.2, -0.15) is 4.98 Å². The zero-order chi connectivity index (χ0) is 11.0. The van der Waals surface area contributed by atoms with Gasteiger partial charge in [0.05, 0.1) is 6.20 Å². The highest BCUT2D eigenvalue weighted by Crippen LogP contribution is 2.18. The Morgan fingerprint density at radius 1 is 1.38 bits per heavy atom. The van der Waals surface area contributed by atoms with Crippen LogP contribution in [0.4, 0.5) is 5.95 Å². The minimum absolute atomic E-state index is 0.592. The fraction of sp³-hybridized carbons (Fsp3) is 0.100. The maximum Gasteiger partial charge on any atom is 0.242 e. The van der Waals surface area contributed by atoms with Gasteiger partial charge in [-0.25, -0.2) is 9.50 Å². The van der Waals surface area contributed by atoms with E-state index in [0.717, 1.165) is 11.2 Å². The Hall–Kier alpha value is -2.37. The third-order valence-corrected chi connectivity index (χ3v) is 2.27. The van der Waals surface area contributed by atoms with E-state index in [9.17, 15) is 0 Å². The van der Waals surface area contributed by atoms with Crippen molar-refractivity contribution in [2.75, 3.05) is 12.4 Å². The summed E-state index contributed by atoms with van der Waals surface area (Å²) in [4.78, 5) is 8.12. The number of hydrogen-bond donors (Lipinski definition) is 1. The molecule has 0 saturated heterocycles. The summed E-state index contributed by atoms with van der Waals surface area (Å²) < 4.78 is 6.91. The number of oxazole rings is 1. The van der Waals surface area contributed by atoms with Crippen molar-refractivity contribution in [3.8, 4) is 11.3 Å². The Kier molecular flexibility index (Phi) is 1.86. The van der Waals surface area contributed by atoms with E-state index in [2.05, 4.69) is 20.4 Å². The second kappa shape index (κ2) is 3.34. The summed E-state index contributed by atoms with van der Waals surface area (Å²) in [6.07, 6.45) is 4.92. The lowest BCUT2D eigenvalue weighted by Gasteiger charge is -1.95. The van der Waals surface area contributed by atoms with Crippen LogP contribution in [0.1, 0.15) is 0 Å². The molecular formula is C10H9N5O. The molecule has 0 radical (unpaired) electrons. The Bertz CT molecular complexity index is 613. The molecule has 0 amide bonds. The molecule has 0 aliphatic rings. The van der Waals surface area contributed by atoms with Crippen molar-refractivity contribution in [1.82, 2.24) is 19.6 Å². The first kappa shape index (κ1) is 8.90. The van der Waals surface area contributed by atoms with Crippen LogP contribution in [-0.4, -0.2) is 26.6 Å². The third-order valence-electron chi connectivity index (χ3n) is 2.27. The Morgan fingerprint density at radius 2 is 2.31 bits per heavy atom. The largest absolute Gasteiger partial charge is 0.443 e. The van der Waals surface area contributed by atoms with Crippen LogP contribution in [0.2, 0.25) is 0 Å². The molecule has 3 heterocycles. The van der Waals surface area contributed by atoms with Gasteiger partial charge in [-0.3, -0.25) is 0 Å². The van der Waals surface area contributed by atoms with Crippen molar-refractivity contribution in [2.24, 2.45) is 0 Å². The number of aromatic nitrogens is 4. The van der Waals surface area contributed by atoms with Crippen LogP contribution >= 0.6 is 0 Å². The average Bonchev–Trinajstić information content (AvgIpc) is 2.96. The van der Waals surface area contributed by atoms with Gasteiger partial charge in [0.2, 0.25) is 5.95 Å². The van der Waals surface area contributed by atoms with E-state index in [-0.39, 0.29) is 0 Å². The molecule has 0 saturated carbocycles. The van der Waals surface area contributed by atoms with Crippen molar-refractivity contribution in [1.29, 1.82) is 0 Å². The topological polar surface area (TPSA) is 68.2 Å². The lowest BCUT2D eigenvalue weighted by molar-refractivity contribution is 0.571. The third kappa shape index (κ3) is 1.31. The van der Waals surface area contributed by atoms with Gasteiger partial charge in [0, 0.05) is 18.8 Å². The van der Waals surface area contributed by atoms with Gasteiger partial charge in [0.15, 0.2) is 17.8 Å². The molecule has 0 aromatic carbocycles. The molecule has 0 aliphatic carbocycles. The summed E-state index contributed by atoms with van der Waals surface area (Å²) >= 11 is 0. The second-order valence-corrected chi connectivity index (χ2v) is 3.27.